The van der Waals surface area contributed by atoms with Gasteiger partial charge in [0.2, 0.25) is 0 Å². The number of carbonyl (C=O) groups excluding carboxylic acids is 1. The van der Waals surface area contributed by atoms with Crippen LogP contribution in [0.5, 0.6) is 5.75 Å². The molecule has 4 aromatic carbocycles. The van der Waals surface area contributed by atoms with Crippen molar-refractivity contribution < 1.29 is 9.53 Å². The molecule has 2 heterocycles. The standard InChI is InChI=1S/C33H26BrN3O3/c1-20-8-10-23(11-9-20)33(39)37-29(21-12-15-25(40-2)16-13-21)19-28(36-37)31-30(22-6-4-3-5-7-22)26-18-24(34)14-17-27(26)35-32(31)38/h3-18,29H,19H2,1-2H3,(H,35,38)/t29-/m1/s1. The highest BCUT2D eigenvalue weighted by Crippen LogP contribution is 2.38. The zero-order chi connectivity index (χ0) is 27.8. The number of H-pyrrole nitrogens is 1. The molecule has 6 nitrogen and oxygen atoms in total. The number of nitrogens with zero attached hydrogens (tertiary/aromatic N) is 2. The summed E-state index contributed by atoms with van der Waals surface area (Å²) in [6, 6.07) is 30.3. The Bertz CT molecular complexity index is 1810. The van der Waals surface area contributed by atoms with E-state index in [2.05, 4.69) is 20.9 Å². The minimum absolute atomic E-state index is 0.225. The Labute approximate surface area is 240 Å². The molecule has 0 unspecified atom stereocenters. The number of ether oxygens (including phenoxy) is 1. The molecule has 198 valence electrons. The molecule has 5 aromatic rings. The maximum absolute atomic E-state index is 13.8. The Morgan fingerprint density at radius 3 is 2.38 bits per heavy atom. The molecule has 7 heteroatoms. The third kappa shape index (κ3) is 4.73. The Morgan fingerprint density at radius 1 is 0.950 bits per heavy atom. The molecule has 0 saturated heterocycles. The molecule has 0 radical (unpaired) electrons. The minimum Gasteiger partial charge on any atom is -0.497 e. The summed E-state index contributed by atoms with van der Waals surface area (Å²) in [6.45, 7) is 1.98. The number of amides is 1. The highest BCUT2D eigenvalue weighted by molar-refractivity contribution is 9.10. The molecule has 1 amide bonds. The van der Waals surface area contributed by atoms with Crippen molar-refractivity contribution in [3.05, 3.63) is 134 Å². The molecular weight excluding hydrogens is 566 g/mol. The molecule has 1 atom stereocenters. The van der Waals surface area contributed by atoms with Crippen LogP contribution in [0.4, 0.5) is 0 Å². The number of hydrogen-bond acceptors (Lipinski definition) is 4. The summed E-state index contributed by atoms with van der Waals surface area (Å²) in [7, 11) is 1.62. The van der Waals surface area contributed by atoms with Gasteiger partial charge >= 0.3 is 0 Å². The summed E-state index contributed by atoms with van der Waals surface area (Å²) in [5.41, 5.74) is 5.71. The van der Waals surface area contributed by atoms with Gasteiger partial charge in [0, 0.05) is 32.9 Å². The van der Waals surface area contributed by atoms with E-state index in [1.807, 2.05) is 104 Å². The Hall–Kier alpha value is -4.49. The predicted octanol–water partition coefficient (Wildman–Crippen LogP) is 7.27. The molecule has 0 bridgehead atoms. The summed E-state index contributed by atoms with van der Waals surface area (Å²) < 4.78 is 6.25. The van der Waals surface area contributed by atoms with Crippen LogP contribution in [0.25, 0.3) is 22.0 Å². The lowest BCUT2D eigenvalue weighted by atomic mass is 9.91. The van der Waals surface area contributed by atoms with E-state index in [0.29, 0.717) is 23.3 Å². The number of nitrogens with one attached hydrogen (secondary N) is 1. The van der Waals surface area contributed by atoms with E-state index in [1.54, 1.807) is 7.11 Å². The average Bonchev–Trinajstić information content (AvgIpc) is 3.42. The van der Waals surface area contributed by atoms with Crippen LogP contribution in [0.1, 0.15) is 39.5 Å². The van der Waals surface area contributed by atoms with Gasteiger partial charge in [-0.05, 0) is 60.5 Å². The largest absolute Gasteiger partial charge is 0.497 e. The van der Waals surface area contributed by atoms with Crippen molar-refractivity contribution >= 4 is 38.5 Å². The van der Waals surface area contributed by atoms with Crippen molar-refractivity contribution in [3.63, 3.8) is 0 Å². The number of aromatic amines is 1. The normalized spacial score (nSPS) is 14.8. The summed E-state index contributed by atoms with van der Waals surface area (Å²) in [5.74, 6) is 0.499. The Balaban J connectivity index is 1.55. The Morgan fingerprint density at radius 2 is 1.68 bits per heavy atom. The molecule has 40 heavy (non-hydrogen) atoms. The van der Waals surface area contributed by atoms with E-state index in [0.717, 1.165) is 43.4 Å². The van der Waals surface area contributed by atoms with Crippen molar-refractivity contribution in [2.45, 2.75) is 19.4 Å². The maximum Gasteiger partial charge on any atom is 0.274 e. The second-order valence-electron chi connectivity index (χ2n) is 9.82. The highest BCUT2D eigenvalue weighted by Gasteiger charge is 2.36. The van der Waals surface area contributed by atoms with Gasteiger partial charge in [-0.3, -0.25) is 9.59 Å². The lowest BCUT2D eigenvalue weighted by Gasteiger charge is -2.22. The number of methoxy groups -OCH3 is 1. The third-order valence-electron chi connectivity index (χ3n) is 7.24. The molecule has 1 aliphatic heterocycles. The lowest BCUT2D eigenvalue weighted by Crippen LogP contribution is -2.27. The number of aryl methyl sites for hydroxylation is 1. The first-order valence-electron chi connectivity index (χ1n) is 13.0. The van der Waals surface area contributed by atoms with Crippen LogP contribution in [-0.2, 0) is 0 Å². The van der Waals surface area contributed by atoms with Crippen LogP contribution in [0.3, 0.4) is 0 Å². The van der Waals surface area contributed by atoms with Gasteiger partial charge in [0.15, 0.2) is 0 Å². The number of rotatable bonds is 5. The molecule has 6 rings (SSSR count). The van der Waals surface area contributed by atoms with Gasteiger partial charge in [0.1, 0.15) is 5.75 Å². The molecule has 1 N–H and O–H groups in total. The number of aromatic nitrogens is 1. The van der Waals surface area contributed by atoms with E-state index < -0.39 is 6.04 Å². The van der Waals surface area contributed by atoms with Crippen molar-refractivity contribution in [1.29, 1.82) is 0 Å². The van der Waals surface area contributed by atoms with Gasteiger partial charge < -0.3 is 9.72 Å². The second kappa shape index (κ2) is 10.6. The predicted molar refractivity (Wildman–Crippen MR) is 162 cm³/mol. The molecule has 0 saturated carbocycles. The summed E-state index contributed by atoms with van der Waals surface area (Å²) in [4.78, 5) is 30.6. The number of pyridine rings is 1. The third-order valence-corrected chi connectivity index (χ3v) is 7.74. The van der Waals surface area contributed by atoms with E-state index in [1.165, 1.54) is 5.01 Å². The van der Waals surface area contributed by atoms with Crippen LogP contribution in [0, 0.1) is 6.92 Å². The number of hydrogen-bond donors (Lipinski definition) is 1. The van der Waals surface area contributed by atoms with Crippen LogP contribution in [0.2, 0.25) is 0 Å². The van der Waals surface area contributed by atoms with Crippen molar-refractivity contribution in [3.8, 4) is 16.9 Å². The first-order valence-corrected chi connectivity index (χ1v) is 13.7. The Kier molecular flexibility index (Phi) is 6.82. The molecule has 0 spiro atoms. The molecule has 1 aromatic heterocycles. The first kappa shape index (κ1) is 25.8. The van der Waals surface area contributed by atoms with Gasteiger partial charge in [0.25, 0.3) is 11.5 Å². The van der Waals surface area contributed by atoms with Gasteiger partial charge in [-0.25, -0.2) is 5.01 Å². The highest BCUT2D eigenvalue weighted by atomic mass is 79.9. The van der Waals surface area contributed by atoms with Gasteiger partial charge in [-0.1, -0.05) is 76.1 Å². The molecule has 0 fully saturated rings. The van der Waals surface area contributed by atoms with Crippen LogP contribution >= 0.6 is 15.9 Å². The van der Waals surface area contributed by atoms with Crippen molar-refractivity contribution in [1.82, 2.24) is 9.99 Å². The zero-order valence-corrected chi connectivity index (χ0v) is 23.6. The van der Waals surface area contributed by atoms with Crippen LogP contribution in [0.15, 0.2) is 111 Å². The number of hydrazone groups is 1. The number of carbonyl (C=O) groups is 1. The second-order valence-corrected chi connectivity index (χ2v) is 10.7. The fraction of sp³-hybridized carbons (Fsp3) is 0.121. The van der Waals surface area contributed by atoms with Crippen molar-refractivity contribution in [2.75, 3.05) is 7.11 Å². The fourth-order valence-corrected chi connectivity index (χ4v) is 5.57. The van der Waals surface area contributed by atoms with E-state index in [-0.39, 0.29) is 11.5 Å². The average molecular weight is 592 g/mol. The molecule has 1 aliphatic rings. The summed E-state index contributed by atoms with van der Waals surface area (Å²) in [6.07, 6.45) is 0.381. The monoisotopic (exact) mass is 591 g/mol. The van der Waals surface area contributed by atoms with E-state index in [4.69, 9.17) is 9.84 Å². The molecular formula is C33H26BrN3O3. The SMILES string of the molecule is COc1ccc([C@H]2CC(c3c(-c4ccccc4)c4cc(Br)ccc4[nH]c3=O)=NN2C(=O)c2ccc(C)cc2)cc1. The number of halogens is 1. The topological polar surface area (TPSA) is 74.8 Å². The van der Waals surface area contributed by atoms with Crippen LogP contribution < -0.4 is 10.3 Å². The van der Waals surface area contributed by atoms with Gasteiger partial charge in [-0.15, -0.1) is 0 Å². The summed E-state index contributed by atoms with van der Waals surface area (Å²) >= 11 is 3.59. The minimum atomic E-state index is -0.393. The van der Waals surface area contributed by atoms with Gasteiger partial charge in [0.05, 0.1) is 24.4 Å². The van der Waals surface area contributed by atoms with Crippen molar-refractivity contribution in [2.24, 2.45) is 5.10 Å². The first-order chi connectivity index (χ1) is 19.4. The van der Waals surface area contributed by atoms with E-state index in [9.17, 15) is 9.59 Å². The zero-order valence-electron chi connectivity index (χ0n) is 22.0. The number of fused-ring (bicyclic) bond motifs is 1. The van der Waals surface area contributed by atoms with Crippen LogP contribution in [-0.4, -0.2) is 28.7 Å². The smallest absolute Gasteiger partial charge is 0.274 e. The summed E-state index contributed by atoms with van der Waals surface area (Å²) in [5, 5.41) is 7.28. The van der Waals surface area contributed by atoms with E-state index >= 15 is 0 Å². The fourth-order valence-electron chi connectivity index (χ4n) is 5.21. The molecule has 0 aliphatic carbocycles. The number of benzene rings is 4. The maximum atomic E-state index is 13.8. The quantitative estimate of drug-likeness (QED) is 0.233. The van der Waals surface area contributed by atoms with Gasteiger partial charge in [-0.2, -0.15) is 5.10 Å². The lowest BCUT2D eigenvalue weighted by molar-refractivity contribution is 0.0711.